The van der Waals surface area contributed by atoms with Crippen LogP contribution in [0.2, 0.25) is 0 Å². The Hall–Kier alpha value is -0.720. The van der Waals surface area contributed by atoms with Crippen molar-refractivity contribution >= 4 is 13.8 Å². The van der Waals surface area contributed by atoms with Gasteiger partial charge in [0.05, 0.1) is 34.4 Å². The standard InChI is InChI=1S/C14H28NO6P/c1-13(2)14(16)19-10-7-6-8-11-20-22(17,18)21-12-9-15(3,4)5/h1,6-12H2,2-5H3/p+1. The van der Waals surface area contributed by atoms with Crippen molar-refractivity contribution in [3.63, 3.8) is 0 Å². The van der Waals surface area contributed by atoms with Crippen molar-refractivity contribution in [3.8, 4) is 0 Å². The van der Waals surface area contributed by atoms with E-state index in [1.165, 1.54) is 0 Å². The highest BCUT2D eigenvalue weighted by Gasteiger charge is 2.21. The third-order valence-electron chi connectivity index (χ3n) is 2.64. The minimum atomic E-state index is -3.97. The van der Waals surface area contributed by atoms with Crippen molar-refractivity contribution in [1.82, 2.24) is 0 Å². The number of carbonyl (C=O) groups excluding carboxylic acids is 1. The molecule has 0 aliphatic carbocycles. The van der Waals surface area contributed by atoms with Crippen LogP contribution in [-0.4, -0.2) is 62.9 Å². The number of phosphoric ester groups is 1. The van der Waals surface area contributed by atoms with Gasteiger partial charge in [-0.3, -0.25) is 9.05 Å². The average Bonchev–Trinajstić information content (AvgIpc) is 2.35. The molecule has 0 aromatic rings. The highest BCUT2D eigenvalue weighted by molar-refractivity contribution is 7.47. The molecule has 7 nitrogen and oxygen atoms in total. The minimum absolute atomic E-state index is 0.132. The molecule has 0 saturated carbocycles. The van der Waals surface area contributed by atoms with Crippen molar-refractivity contribution in [1.29, 1.82) is 0 Å². The second-order valence-electron chi connectivity index (χ2n) is 6.13. The maximum Gasteiger partial charge on any atom is 0.472 e. The lowest BCUT2D eigenvalue weighted by atomic mass is 10.2. The van der Waals surface area contributed by atoms with Crippen molar-refractivity contribution in [2.75, 3.05) is 47.5 Å². The molecule has 0 aliphatic heterocycles. The Bertz CT molecular complexity index is 405. The molecule has 0 bridgehead atoms. The number of unbranched alkanes of at least 4 members (excludes halogenated alkanes) is 2. The average molecular weight is 338 g/mol. The Balaban J connectivity index is 3.63. The highest BCUT2D eigenvalue weighted by atomic mass is 31.2. The number of esters is 1. The number of hydrogen-bond donors (Lipinski definition) is 1. The molecule has 1 unspecified atom stereocenters. The summed E-state index contributed by atoms with van der Waals surface area (Å²) in [7, 11) is 1.93. The maximum atomic E-state index is 11.6. The Labute approximate surface area is 133 Å². The van der Waals surface area contributed by atoms with Gasteiger partial charge in [-0.1, -0.05) is 6.58 Å². The van der Waals surface area contributed by atoms with Gasteiger partial charge >= 0.3 is 13.8 Å². The molecule has 0 spiro atoms. The summed E-state index contributed by atoms with van der Waals surface area (Å²) in [6.07, 6.45) is 1.98. The lowest BCUT2D eigenvalue weighted by molar-refractivity contribution is -0.870. The summed E-state index contributed by atoms with van der Waals surface area (Å²) in [6, 6.07) is 0. The molecule has 0 heterocycles. The fraction of sp³-hybridized carbons (Fsp3) is 0.786. The molecule has 8 heteroatoms. The summed E-state index contributed by atoms with van der Waals surface area (Å²) >= 11 is 0. The summed E-state index contributed by atoms with van der Waals surface area (Å²) in [5, 5.41) is 0. The summed E-state index contributed by atoms with van der Waals surface area (Å²) in [4.78, 5) is 20.6. The molecule has 0 aliphatic rings. The van der Waals surface area contributed by atoms with Crippen LogP contribution in [0.25, 0.3) is 0 Å². The minimum Gasteiger partial charge on any atom is -0.462 e. The molecule has 0 fully saturated rings. The largest absolute Gasteiger partial charge is 0.472 e. The summed E-state index contributed by atoms with van der Waals surface area (Å²) in [6.45, 7) is 6.29. The van der Waals surface area contributed by atoms with Gasteiger partial charge in [-0.05, 0) is 26.2 Å². The van der Waals surface area contributed by atoms with E-state index >= 15 is 0 Å². The van der Waals surface area contributed by atoms with Gasteiger partial charge in [0.15, 0.2) is 0 Å². The van der Waals surface area contributed by atoms with Crippen LogP contribution in [0.15, 0.2) is 12.2 Å². The van der Waals surface area contributed by atoms with Gasteiger partial charge in [0, 0.05) is 5.57 Å². The van der Waals surface area contributed by atoms with E-state index in [1.807, 2.05) is 21.1 Å². The lowest BCUT2D eigenvalue weighted by Gasteiger charge is -2.24. The van der Waals surface area contributed by atoms with Crippen molar-refractivity contribution in [3.05, 3.63) is 12.2 Å². The number of likely N-dealkylation sites (N-methyl/N-ethyl adjacent to an activating group) is 1. The van der Waals surface area contributed by atoms with E-state index in [1.54, 1.807) is 6.92 Å². The van der Waals surface area contributed by atoms with E-state index in [-0.39, 0.29) is 13.2 Å². The van der Waals surface area contributed by atoms with E-state index in [0.717, 1.165) is 6.42 Å². The first kappa shape index (κ1) is 21.3. The molecule has 22 heavy (non-hydrogen) atoms. The number of hydrogen-bond acceptors (Lipinski definition) is 5. The third-order valence-corrected chi connectivity index (χ3v) is 3.66. The zero-order valence-corrected chi connectivity index (χ0v) is 14.9. The summed E-state index contributed by atoms with van der Waals surface area (Å²) < 4.78 is 26.9. The van der Waals surface area contributed by atoms with Gasteiger partial charge in [0.25, 0.3) is 0 Å². The maximum absolute atomic E-state index is 11.6. The van der Waals surface area contributed by atoms with Crippen molar-refractivity contribution < 1.29 is 32.5 Å². The van der Waals surface area contributed by atoms with Gasteiger partial charge in [-0.25, -0.2) is 9.36 Å². The van der Waals surface area contributed by atoms with Crippen LogP contribution in [0.1, 0.15) is 26.2 Å². The number of phosphoric acid groups is 1. The van der Waals surface area contributed by atoms with Crippen LogP contribution in [0.5, 0.6) is 0 Å². The smallest absolute Gasteiger partial charge is 0.462 e. The van der Waals surface area contributed by atoms with E-state index in [4.69, 9.17) is 13.8 Å². The second kappa shape index (κ2) is 10.1. The van der Waals surface area contributed by atoms with Crippen LogP contribution in [-0.2, 0) is 23.1 Å². The first-order chi connectivity index (χ1) is 10.0. The van der Waals surface area contributed by atoms with Crippen LogP contribution < -0.4 is 0 Å². The van der Waals surface area contributed by atoms with E-state index < -0.39 is 13.8 Å². The van der Waals surface area contributed by atoms with Crippen LogP contribution in [0.3, 0.4) is 0 Å². The molecule has 0 rings (SSSR count). The molecule has 0 amide bonds. The number of ether oxygens (including phenoxy) is 1. The van der Waals surface area contributed by atoms with Crippen LogP contribution >= 0.6 is 7.82 Å². The van der Waals surface area contributed by atoms with Gasteiger partial charge in [-0.15, -0.1) is 0 Å². The number of carbonyl (C=O) groups is 1. The van der Waals surface area contributed by atoms with Gasteiger partial charge < -0.3 is 14.1 Å². The fourth-order valence-electron chi connectivity index (χ4n) is 1.32. The first-order valence-corrected chi connectivity index (χ1v) is 8.78. The van der Waals surface area contributed by atoms with E-state index in [0.29, 0.717) is 36.0 Å². The Morgan fingerprint density at radius 1 is 1.09 bits per heavy atom. The predicted octanol–water partition coefficient (Wildman–Crippen LogP) is 2.12. The zero-order chi connectivity index (χ0) is 17.2. The fourth-order valence-corrected chi connectivity index (χ4v) is 2.06. The van der Waals surface area contributed by atoms with Crippen LogP contribution in [0.4, 0.5) is 0 Å². The molecule has 1 N–H and O–H groups in total. The van der Waals surface area contributed by atoms with Gasteiger partial charge in [0.2, 0.25) is 0 Å². The summed E-state index contributed by atoms with van der Waals surface area (Å²) in [5.41, 5.74) is 0.371. The second-order valence-corrected chi connectivity index (χ2v) is 7.58. The molecular weight excluding hydrogens is 309 g/mol. The van der Waals surface area contributed by atoms with E-state index in [9.17, 15) is 14.3 Å². The Kier molecular flexibility index (Phi) is 9.80. The molecule has 0 saturated heterocycles. The highest BCUT2D eigenvalue weighted by Crippen LogP contribution is 2.43. The monoisotopic (exact) mass is 338 g/mol. The Morgan fingerprint density at radius 3 is 2.18 bits per heavy atom. The summed E-state index contributed by atoms with van der Waals surface area (Å²) in [5.74, 6) is -0.401. The lowest BCUT2D eigenvalue weighted by Crippen LogP contribution is -2.37. The van der Waals surface area contributed by atoms with E-state index in [2.05, 4.69) is 6.58 Å². The van der Waals surface area contributed by atoms with Gasteiger partial charge in [-0.2, -0.15) is 0 Å². The molecule has 130 valence electrons. The normalized spacial score (nSPS) is 14.4. The molecule has 1 atom stereocenters. The molecule has 0 radical (unpaired) electrons. The first-order valence-electron chi connectivity index (χ1n) is 7.28. The van der Waals surface area contributed by atoms with Gasteiger partial charge in [0.1, 0.15) is 13.2 Å². The zero-order valence-electron chi connectivity index (χ0n) is 14.0. The quantitative estimate of drug-likeness (QED) is 0.193. The van der Waals surface area contributed by atoms with Crippen molar-refractivity contribution in [2.24, 2.45) is 0 Å². The molecule has 0 aromatic heterocycles. The SMILES string of the molecule is C=C(C)C(=O)OCCCCCOP(=O)(O)OCC[N+](C)(C)C. The van der Waals surface area contributed by atoms with Crippen LogP contribution in [0, 0.1) is 0 Å². The topological polar surface area (TPSA) is 82.1 Å². The van der Waals surface area contributed by atoms with Crippen molar-refractivity contribution in [2.45, 2.75) is 26.2 Å². The number of quaternary nitrogens is 1. The number of nitrogens with zero attached hydrogens (tertiary/aromatic N) is 1. The Morgan fingerprint density at radius 2 is 1.64 bits per heavy atom. The molecule has 0 aromatic carbocycles. The predicted molar refractivity (Wildman–Crippen MR) is 84.3 cm³/mol. The molecular formula is C14H29NO6P+. The number of rotatable bonds is 12. The third kappa shape index (κ3) is 13.0.